The molecule has 0 amide bonds. The summed E-state index contributed by atoms with van der Waals surface area (Å²) in [5.74, 6) is 0.418. The van der Waals surface area contributed by atoms with E-state index in [1.807, 2.05) is 12.1 Å². The zero-order valence-electron chi connectivity index (χ0n) is 11.3. The normalized spacial score (nSPS) is 11.2. The molecule has 0 aliphatic heterocycles. The lowest BCUT2D eigenvalue weighted by atomic mass is 10.0. The van der Waals surface area contributed by atoms with Gasteiger partial charge in [-0.1, -0.05) is 25.4 Å². The summed E-state index contributed by atoms with van der Waals surface area (Å²) in [6.45, 7) is 9.37. The van der Waals surface area contributed by atoms with Gasteiger partial charge in [-0.3, -0.25) is 4.98 Å². The molecule has 1 heterocycles. The minimum Gasteiger partial charge on any atom is -0.385 e. The number of nitrogens with one attached hydrogen (secondary N) is 1. The lowest BCUT2D eigenvalue weighted by molar-refractivity contribution is 0.829. The summed E-state index contributed by atoms with van der Waals surface area (Å²) in [6, 6.07) is 6.09. The van der Waals surface area contributed by atoms with Crippen LogP contribution in [0.4, 0.5) is 5.69 Å². The fraction of sp³-hybridized carbons (Fsp3) is 0.400. The van der Waals surface area contributed by atoms with Gasteiger partial charge >= 0.3 is 0 Å². The average molecular weight is 263 g/mol. The highest BCUT2D eigenvalue weighted by molar-refractivity contribution is 6.31. The average Bonchev–Trinajstić information content (AvgIpc) is 2.29. The van der Waals surface area contributed by atoms with E-state index in [9.17, 15) is 0 Å². The quantitative estimate of drug-likeness (QED) is 0.863. The Balaban J connectivity index is 2.76. The van der Waals surface area contributed by atoms with Gasteiger partial charge in [-0.25, -0.2) is 0 Å². The van der Waals surface area contributed by atoms with Gasteiger partial charge in [0.1, 0.15) is 0 Å². The van der Waals surface area contributed by atoms with Gasteiger partial charge in [0.05, 0.1) is 5.52 Å². The van der Waals surface area contributed by atoms with Crippen molar-refractivity contribution in [3.63, 3.8) is 0 Å². The number of aromatic nitrogens is 1. The van der Waals surface area contributed by atoms with E-state index in [0.717, 1.165) is 39.4 Å². The van der Waals surface area contributed by atoms with Crippen LogP contribution in [0, 0.1) is 6.92 Å². The van der Waals surface area contributed by atoms with E-state index in [0.29, 0.717) is 5.92 Å². The van der Waals surface area contributed by atoms with Crippen LogP contribution in [-0.4, -0.2) is 11.5 Å². The first-order valence-corrected chi connectivity index (χ1v) is 6.75. The lowest BCUT2D eigenvalue weighted by Gasteiger charge is -2.14. The van der Waals surface area contributed by atoms with Crippen LogP contribution in [-0.2, 0) is 0 Å². The third-order valence-corrected chi connectivity index (χ3v) is 3.27. The summed E-state index contributed by atoms with van der Waals surface area (Å²) in [5.41, 5.74) is 4.40. The van der Waals surface area contributed by atoms with Crippen molar-refractivity contribution in [3.05, 3.63) is 34.5 Å². The second-order valence-electron chi connectivity index (χ2n) is 4.90. The number of anilines is 1. The van der Waals surface area contributed by atoms with Gasteiger partial charge in [0.2, 0.25) is 0 Å². The zero-order chi connectivity index (χ0) is 13.3. The van der Waals surface area contributed by atoms with E-state index >= 15 is 0 Å². The molecular weight excluding hydrogens is 244 g/mol. The molecule has 2 aromatic rings. The number of fused-ring (bicyclic) bond motifs is 1. The highest BCUT2D eigenvalue weighted by atomic mass is 35.5. The summed E-state index contributed by atoms with van der Waals surface area (Å²) in [6.07, 6.45) is 0. The van der Waals surface area contributed by atoms with Gasteiger partial charge in [0.25, 0.3) is 0 Å². The second kappa shape index (κ2) is 5.15. The van der Waals surface area contributed by atoms with Crippen LogP contribution < -0.4 is 5.32 Å². The van der Waals surface area contributed by atoms with Crippen LogP contribution >= 0.6 is 11.6 Å². The molecule has 0 aliphatic rings. The van der Waals surface area contributed by atoms with Crippen LogP contribution in [0.3, 0.4) is 0 Å². The van der Waals surface area contributed by atoms with Gasteiger partial charge in [-0.15, -0.1) is 0 Å². The Hall–Kier alpha value is -1.28. The molecule has 18 heavy (non-hydrogen) atoms. The number of halogens is 1. The Bertz CT molecular complexity index is 576. The molecule has 0 saturated carbocycles. The van der Waals surface area contributed by atoms with E-state index in [1.54, 1.807) is 0 Å². The van der Waals surface area contributed by atoms with E-state index in [4.69, 9.17) is 16.6 Å². The van der Waals surface area contributed by atoms with Crippen molar-refractivity contribution in [2.24, 2.45) is 0 Å². The maximum atomic E-state index is 6.14. The number of pyridine rings is 1. The molecule has 2 nitrogen and oxygen atoms in total. The fourth-order valence-corrected chi connectivity index (χ4v) is 2.38. The Morgan fingerprint density at radius 1 is 1.28 bits per heavy atom. The molecular formula is C15H19ClN2. The molecule has 0 unspecified atom stereocenters. The molecule has 0 radical (unpaired) electrons. The molecule has 96 valence electrons. The first kappa shape index (κ1) is 13.2. The predicted octanol–water partition coefficient (Wildman–Crippen LogP) is 4.75. The van der Waals surface area contributed by atoms with Crippen molar-refractivity contribution in [3.8, 4) is 0 Å². The van der Waals surface area contributed by atoms with Crippen LogP contribution in [0.2, 0.25) is 5.02 Å². The first-order chi connectivity index (χ1) is 8.52. The van der Waals surface area contributed by atoms with Crippen molar-refractivity contribution in [2.75, 3.05) is 11.9 Å². The molecule has 0 saturated heterocycles. The third kappa shape index (κ3) is 2.44. The van der Waals surface area contributed by atoms with E-state index in [2.05, 4.69) is 39.1 Å². The summed E-state index contributed by atoms with van der Waals surface area (Å²) in [5, 5.41) is 5.27. The SMILES string of the molecule is CCNc1cc(C(C)C)nc2c(C)cc(Cl)cc12. The van der Waals surface area contributed by atoms with Gasteiger partial charge in [0, 0.05) is 28.3 Å². The van der Waals surface area contributed by atoms with Crippen molar-refractivity contribution in [2.45, 2.75) is 33.6 Å². The van der Waals surface area contributed by atoms with Crippen LogP contribution in [0.1, 0.15) is 37.9 Å². The number of nitrogens with zero attached hydrogens (tertiary/aromatic N) is 1. The summed E-state index contributed by atoms with van der Waals surface area (Å²) >= 11 is 6.14. The second-order valence-corrected chi connectivity index (χ2v) is 5.34. The summed E-state index contributed by atoms with van der Waals surface area (Å²) in [7, 11) is 0. The van der Waals surface area contributed by atoms with E-state index < -0.39 is 0 Å². The van der Waals surface area contributed by atoms with Gasteiger partial charge in [-0.05, 0) is 43.5 Å². The minimum atomic E-state index is 0.418. The zero-order valence-corrected chi connectivity index (χ0v) is 12.1. The molecule has 3 heteroatoms. The maximum Gasteiger partial charge on any atom is 0.0756 e. The van der Waals surface area contributed by atoms with Crippen molar-refractivity contribution >= 4 is 28.2 Å². The third-order valence-electron chi connectivity index (χ3n) is 3.05. The highest BCUT2D eigenvalue weighted by Gasteiger charge is 2.10. The molecule has 1 aromatic heterocycles. The van der Waals surface area contributed by atoms with E-state index in [1.165, 1.54) is 0 Å². The van der Waals surface area contributed by atoms with Gasteiger partial charge in [-0.2, -0.15) is 0 Å². The highest BCUT2D eigenvalue weighted by Crippen LogP contribution is 2.30. The maximum absolute atomic E-state index is 6.14. The molecule has 0 bridgehead atoms. The largest absolute Gasteiger partial charge is 0.385 e. The Morgan fingerprint density at radius 2 is 2.00 bits per heavy atom. The van der Waals surface area contributed by atoms with Crippen molar-refractivity contribution in [1.29, 1.82) is 0 Å². The topological polar surface area (TPSA) is 24.9 Å². The predicted molar refractivity (Wildman–Crippen MR) is 79.7 cm³/mol. The molecule has 0 aliphatic carbocycles. The van der Waals surface area contributed by atoms with Gasteiger partial charge in [0.15, 0.2) is 0 Å². The molecule has 1 N–H and O–H groups in total. The minimum absolute atomic E-state index is 0.418. The monoisotopic (exact) mass is 262 g/mol. The Kier molecular flexibility index (Phi) is 3.76. The Labute approximate surface area is 113 Å². The van der Waals surface area contributed by atoms with Crippen LogP contribution in [0.25, 0.3) is 10.9 Å². The van der Waals surface area contributed by atoms with E-state index in [-0.39, 0.29) is 0 Å². The molecule has 0 fully saturated rings. The fourth-order valence-electron chi connectivity index (χ4n) is 2.11. The lowest BCUT2D eigenvalue weighted by Crippen LogP contribution is -2.02. The molecule has 0 atom stereocenters. The summed E-state index contributed by atoms with van der Waals surface area (Å²) < 4.78 is 0. The van der Waals surface area contributed by atoms with Gasteiger partial charge < -0.3 is 5.32 Å². The molecule has 0 spiro atoms. The smallest absolute Gasteiger partial charge is 0.0756 e. The Morgan fingerprint density at radius 3 is 2.61 bits per heavy atom. The molecule has 1 aromatic carbocycles. The number of hydrogen-bond acceptors (Lipinski definition) is 2. The number of hydrogen-bond donors (Lipinski definition) is 1. The first-order valence-electron chi connectivity index (χ1n) is 6.37. The van der Waals surface area contributed by atoms with Crippen molar-refractivity contribution < 1.29 is 0 Å². The number of rotatable bonds is 3. The van der Waals surface area contributed by atoms with Crippen molar-refractivity contribution in [1.82, 2.24) is 4.98 Å². The standard InChI is InChI=1S/C15H19ClN2/c1-5-17-14-8-13(9(2)3)18-15-10(4)6-11(16)7-12(14)15/h6-9H,5H2,1-4H3,(H,17,18). The van der Waals surface area contributed by atoms with Crippen LogP contribution in [0.5, 0.6) is 0 Å². The molecule has 2 rings (SSSR count). The van der Waals surface area contributed by atoms with Crippen LogP contribution in [0.15, 0.2) is 18.2 Å². The number of aryl methyl sites for hydroxylation is 1. The summed E-state index contributed by atoms with van der Waals surface area (Å²) in [4.78, 5) is 4.76. The number of benzene rings is 1.